The summed E-state index contributed by atoms with van der Waals surface area (Å²) >= 11 is 0. The number of benzene rings is 1. The summed E-state index contributed by atoms with van der Waals surface area (Å²) in [4.78, 5) is 15.8. The van der Waals surface area contributed by atoms with Crippen LogP contribution in [-0.2, 0) is 4.79 Å². The Labute approximate surface area is 136 Å². The van der Waals surface area contributed by atoms with E-state index < -0.39 is 6.04 Å². The summed E-state index contributed by atoms with van der Waals surface area (Å²) in [5.74, 6) is -0.148. The molecule has 0 saturated heterocycles. The number of carbonyl (C=O) groups excluding carboxylic acids is 1. The maximum absolute atomic E-state index is 11.8. The van der Waals surface area contributed by atoms with E-state index in [0.29, 0.717) is 6.42 Å². The van der Waals surface area contributed by atoms with Crippen LogP contribution in [0.5, 0.6) is 0 Å². The fourth-order valence-corrected chi connectivity index (χ4v) is 1.83. The van der Waals surface area contributed by atoms with E-state index in [9.17, 15) is 4.79 Å². The van der Waals surface area contributed by atoms with Gasteiger partial charge in [0.15, 0.2) is 0 Å². The van der Waals surface area contributed by atoms with Crippen molar-refractivity contribution in [1.82, 2.24) is 9.55 Å². The zero-order valence-corrected chi connectivity index (χ0v) is 13.4. The summed E-state index contributed by atoms with van der Waals surface area (Å²) in [7, 11) is 0. The van der Waals surface area contributed by atoms with E-state index in [-0.39, 0.29) is 30.7 Å². The summed E-state index contributed by atoms with van der Waals surface area (Å²) in [6, 6.07) is 7.11. The highest BCUT2D eigenvalue weighted by Gasteiger charge is 2.12. The van der Waals surface area contributed by atoms with Gasteiger partial charge in [-0.25, -0.2) is 4.98 Å². The van der Waals surface area contributed by atoms with Crippen molar-refractivity contribution in [2.24, 2.45) is 5.73 Å². The van der Waals surface area contributed by atoms with Crippen LogP contribution >= 0.6 is 24.8 Å². The van der Waals surface area contributed by atoms with Crippen LogP contribution < -0.4 is 11.1 Å². The lowest BCUT2D eigenvalue weighted by Crippen LogP contribution is -2.35. The normalized spacial score (nSPS) is 11.0. The second-order valence-electron chi connectivity index (χ2n) is 4.40. The SMILES string of the molecule is CCCC(N)C(=O)Nc1cccc(-n2ccnc2)c1.Cl.Cl. The van der Waals surface area contributed by atoms with Crippen LogP contribution in [0.1, 0.15) is 19.8 Å². The highest BCUT2D eigenvalue weighted by atomic mass is 35.5. The van der Waals surface area contributed by atoms with Crippen molar-refractivity contribution in [3.8, 4) is 5.69 Å². The molecule has 0 aliphatic carbocycles. The van der Waals surface area contributed by atoms with Crippen LogP contribution in [0.25, 0.3) is 5.69 Å². The second-order valence-corrected chi connectivity index (χ2v) is 4.40. The van der Waals surface area contributed by atoms with E-state index >= 15 is 0 Å². The second kappa shape index (κ2) is 9.39. The molecule has 0 bridgehead atoms. The summed E-state index contributed by atoms with van der Waals surface area (Å²) in [5, 5.41) is 2.83. The molecule has 0 fully saturated rings. The number of rotatable bonds is 5. The lowest BCUT2D eigenvalue weighted by atomic mass is 10.1. The number of imidazole rings is 1. The van der Waals surface area contributed by atoms with Crippen molar-refractivity contribution < 1.29 is 4.79 Å². The Bertz CT molecular complexity index is 546. The van der Waals surface area contributed by atoms with E-state index in [1.165, 1.54) is 0 Å². The molecule has 1 unspecified atom stereocenters. The lowest BCUT2D eigenvalue weighted by molar-refractivity contribution is -0.117. The number of anilines is 1. The average Bonchev–Trinajstić information content (AvgIpc) is 2.93. The monoisotopic (exact) mass is 330 g/mol. The van der Waals surface area contributed by atoms with Crippen molar-refractivity contribution in [2.45, 2.75) is 25.8 Å². The Morgan fingerprint density at radius 2 is 2.19 bits per heavy atom. The van der Waals surface area contributed by atoms with E-state index in [1.807, 2.05) is 42.0 Å². The van der Waals surface area contributed by atoms with Crippen LogP contribution in [0.15, 0.2) is 43.0 Å². The molecule has 0 saturated carbocycles. The minimum Gasteiger partial charge on any atom is -0.325 e. The van der Waals surface area contributed by atoms with Gasteiger partial charge in [-0.15, -0.1) is 24.8 Å². The number of halogens is 2. The van der Waals surface area contributed by atoms with Gasteiger partial charge >= 0.3 is 0 Å². The first-order chi connectivity index (χ1) is 9.20. The van der Waals surface area contributed by atoms with Gasteiger partial charge in [0.05, 0.1) is 12.4 Å². The average molecular weight is 331 g/mol. The molecule has 0 aliphatic heterocycles. The third-order valence-electron chi connectivity index (χ3n) is 2.85. The van der Waals surface area contributed by atoms with Crippen molar-refractivity contribution in [2.75, 3.05) is 5.32 Å². The zero-order valence-electron chi connectivity index (χ0n) is 11.7. The molecule has 0 radical (unpaired) electrons. The first-order valence-corrected chi connectivity index (χ1v) is 6.35. The van der Waals surface area contributed by atoms with Crippen molar-refractivity contribution in [3.05, 3.63) is 43.0 Å². The van der Waals surface area contributed by atoms with Crippen molar-refractivity contribution in [1.29, 1.82) is 0 Å². The minimum atomic E-state index is -0.457. The Balaban J connectivity index is 0.00000200. The fourth-order valence-electron chi connectivity index (χ4n) is 1.83. The molecule has 21 heavy (non-hydrogen) atoms. The number of carbonyl (C=O) groups is 1. The van der Waals surface area contributed by atoms with Gasteiger partial charge in [0, 0.05) is 23.8 Å². The highest BCUT2D eigenvalue weighted by Crippen LogP contribution is 2.14. The van der Waals surface area contributed by atoms with Gasteiger partial charge in [0.25, 0.3) is 0 Å². The Morgan fingerprint density at radius 3 is 2.81 bits per heavy atom. The van der Waals surface area contributed by atoms with Gasteiger partial charge in [-0.3, -0.25) is 4.79 Å². The Morgan fingerprint density at radius 1 is 1.43 bits per heavy atom. The minimum absolute atomic E-state index is 0. The number of hydrogen-bond donors (Lipinski definition) is 2. The Hall–Kier alpha value is -1.56. The molecule has 0 aliphatic rings. The standard InChI is InChI=1S/C14H18N4O.2ClH/c1-2-4-13(15)14(19)17-11-5-3-6-12(9-11)18-8-7-16-10-18;;/h3,5-10,13H,2,4,15H2,1H3,(H,17,19);2*1H. The van der Waals surface area contributed by atoms with E-state index in [0.717, 1.165) is 17.8 Å². The van der Waals surface area contributed by atoms with Crippen LogP contribution in [-0.4, -0.2) is 21.5 Å². The Kier molecular flexibility index (Phi) is 8.69. The topological polar surface area (TPSA) is 72.9 Å². The van der Waals surface area contributed by atoms with Crippen LogP contribution in [0, 0.1) is 0 Å². The van der Waals surface area contributed by atoms with Gasteiger partial charge in [-0.05, 0) is 24.6 Å². The number of hydrogen-bond acceptors (Lipinski definition) is 3. The molecular formula is C14H20Cl2N4O. The van der Waals surface area contributed by atoms with Gasteiger partial charge in [0.2, 0.25) is 5.91 Å². The van der Waals surface area contributed by atoms with Gasteiger partial charge < -0.3 is 15.6 Å². The van der Waals surface area contributed by atoms with Crippen LogP contribution in [0.2, 0.25) is 0 Å². The molecule has 7 heteroatoms. The molecular weight excluding hydrogens is 311 g/mol. The van der Waals surface area contributed by atoms with Crippen molar-refractivity contribution >= 4 is 36.4 Å². The van der Waals surface area contributed by atoms with Gasteiger partial charge in [0.1, 0.15) is 0 Å². The largest absolute Gasteiger partial charge is 0.325 e. The molecule has 1 aromatic heterocycles. The van der Waals surface area contributed by atoms with Crippen LogP contribution in [0.4, 0.5) is 5.69 Å². The molecule has 1 heterocycles. The van der Waals surface area contributed by atoms with Gasteiger partial charge in [-0.1, -0.05) is 19.4 Å². The third kappa shape index (κ3) is 5.38. The molecule has 1 amide bonds. The molecule has 0 spiro atoms. The van der Waals surface area contributed by atoms with E-state index in [1.54, 1.807) is 12.5 Å². The predicted molar refractivity (Wildman–Crippen MR) is 89.6 cm³/mol. The third-order valence-corrected chi connectivity index (χ3v) is 2.85. The lowest BCUT2D eigenvalue weighted by Gasteiger charge is -2.12. The molecule has 116 valence electrons. The molecule has 2 aromatic rings. The smallest absolute Gasteiger partial charge is 0.241 e. The first-order valence-electron chi connectivity index (χ1n) is 6.35. The summed E-state index contributed by atoms with van der Waals surface area (Å²) in [6.45, 7) is 2.01. The maximum Gasteiger partial charge on any atom is 0.241 e. The highest BCUT2D eigenvalue weighted by molar-refractivity contribution is 5.94. The molecule has 2 rings (SSSR count). The number of aromatic nitrogens is 2. The van der Waals surface area contributed by atoms with Crippen molar-refractivity contribution in [3.63, 3.8) is 0 Å². The van der Waals surface area contributed by atoms with E-state index in [2.05, 4.69) is 10.3 Å². The summed E-state index contributed by atoms with van der Waals surface area (Å²) < 4.78 is 1.88. The van der Waals surface area contributed by atoms with Crippen LogP contribution in [0.3, 0.4) is 0 Å². The molecule has 3 N–H and O–H groups in total. The number of amides is 1. The quantitative estimate of drug-likeness (QED) is 0.885. The molecule has 5 nitrogen and oxygen atoms in total. The molecule has 1 atom stereocenters. The molecule has 1 aromatic carbocycles. The zero-order chi connectivity index (χ0) is 13.7. The number of nitrogens with one attached hydrogen (secondary N) is 1. The predicted octanol–water partition coefficient (Wildman–Crippen LogP) is 2.78. The summed E-state index contributed by atoms with van der Waals surface area (Å²) in [6.07, 6.45) is 6.85. The van der Waals surface area contributed by atoms with E-state index in [4.69, 9.17) is 5.73 Å². The number of nitrogens with zero attached hydrogens (tertiary/aromatic N) is 2. The van der Waals surface area contributed by atoms with Gasteiger partial charge in [-0.2, -0.15) is 0 Å². The first kappa shape index (κ1) is 19.4. The number of nitrogens with two attached hydrogens (primary N) is 1. The fraction of sp³-hybridized carbons (Fsp3) is 0.286. The maximum atomic E-state index is 11.8. The summed E-state index contributed by atoms with van der Waals surface area (Å²) in [5.41, 5.74) is 7.46.